The third-order valence-electron chi connectivity index (χ3n) is 11.6. The van der Waals surface area contributed by atoms with Crippen molar-refractivity contribution in [1.82, 2.24) is 25.3 Å². The molecule has 56 heavy (non-hydrogen) atoms. The number of methoxy groups -OCH3 is 2. The van der Waals surface area contributed by atoms with Gasteiger partial charge in [-0.05, 0) is 61.7 Å². The van der Waals surface area contributed by atoms with Crippen molar-refractivity contribution in [3.63, 3.8) is 0 Å². The monoisotopic (exact) mass is 788 g/mol. The maximum absolute atomic E-state index is 14.2. The quantitative estimate of drug-likeness (QED) is 0.153. The molecule has 0 aliphatic carbocycles. The Labute approximate surface area is 336 Å². The molecule has 0 spiro atoms. The van der Waals surface area contributed by atoms with Gasteiger partial charge in [0, 0.05) is 34.2 Å². The lowest BCUT2D eigenvalue weighted by Gasteiger charge is -2.41. The molecule has 3 N–H and O–H groups in total. The zero-order chi connectivity index (χ0) is 42.6. The molecule has 0 radical (unpaired) electrons. The van der Waals surface area contributed by atoms with Crippen molar-refractivity contribution < 1.29 is 38.6 Å². The first-order chi connectivity index (χ1) is 26.2. The number of benzene rings is 1. The number of hydrogen-bond acceptors (Lipinski definition) is 8. The van der Waals surface area contributed by atoms with Crippen LogP contribution in [0.1, 0.15) is 105 Å². The molecule has 13 nitrogen and oxygen atoms in total. The number of likely N-dealkylation sites (N-methyl/N-ethyl adjacent to an activating group) is 2. The van der Waals surface area contributed by atoms with E-state index in [1.54, 1.807) is 30.9 Å². The largest absolute Gasteiger partial charge is 0.480 e. The van der Waals surface area contributed by atoms with Crippen LogP contribution in [0, 0.1) is 23.7 Å². The topological polar surface area (TPSA) is 158 Å². The van der Waals surface area contributed by atoms with Crippen molar-refractivity contribution >= 4 is 29.6 Å². The molecule has 13 heteroatoms. The zero-order valence-electron chi connectivity index (χ0n) is 36.6. The van der Waals surface area contributed by atoms with Gasteiger partial charge in [0.05, 0.1) is 42.7 Å². The van der Waals surface area contributed by atoms with Crippen molar-refractivity contribution in [3.05, 3.63) is 35.4 Å². The number of carbonyl (C=O) groups is 5. The van der Waals surface area contributed by atoms with E-state index in [0.717, 1.165) is 17.5 Å². The molecule has 1 aliphatic rings. The Morgan fingerprint density at radius 3 is 1.95 bits per heavy atom. The number of carboxylic acids is 1. The summed E-state index contributed by atoms with van der Waals surface area (Å²) in [5, 5.41) is 15.8. The van der Waals surface area contributed by atoms with Gasteiger partial charge in [-0.3, -0.25) is 24.1 Å². The van der Waals surface area contributed by atoms with Crippen LogP contribution >= 0.6 is 0 Å². The summed E-state index contributed by atoms with van der Waals surface area (Å²) in [6, 6.07) is 4.50. The minimum Gasteiger partial charge on any atom is -0.480 e. The second kappa shape index (κ2) is 22.4. The number of rotatable bonds is 22. The number of nitrogens with one attached hydrogen (secondary N) is 2. The Morgan fingerprint density at radius 1 is 0.875 bits per heavy atom. The normalized spacial score (nSPS) is 19.0. The summed E-state index contributed by atoms with van der Waals surface area (Å²) >= 11 is 0. The summed E-state index contributed by atoms with van der Waals surface area (Å²) in [7, 11) is 8.46. The predicted octanol–water partition coefficient (Wildman–Crippen LogP) is 4.57. The first kappa shape index (κ1) is 48.6. The van der Waals surface area contributed by atoms with Gasteiger partial charge >= 0.3 is 5.97 Å². The average Bonchev–Trinajstić information content (AvgIpc) is 3.62. The molecule has 1 fully saturated rings. The Morgan fingerprint density at radius 2 is 1.48 bits per heavy atom. The molecule has 0 aromatic heterocycles. The molecule has 9 atom stereocenters. The molecule has 318 valence electrons. The highest BCUT2D eigenvalue weighted by Gasteiger charge is 2.43. The van der Waals surface area contributed by atoms with Crippen LogP contribution in [0.15, 0.2) is 24.3 Å². The summed E-state index contributed by atoms with van der Waals surface area (Å²) in [5.74, 6) is -2.87. The number of carboxylic acid groups (broad SMARTS) is 1. The minimum atomic E-state index is -1.14. The molecule has 1 aliphatic heterocycles. The van der Waals surface area contributed by atoms with Gasteiger partial charge in [0.2, 0.25) is 23.6 Å². The summed E-state index contributed by atoms with van der Waals surface area (Å²) in [6.07, 6.45) is 0.803. The van der Waals surface area contributed by atoms with E-state index >= 15 is 0 Å². The highest BCUT2D eigenvalue weighted by molar-refractivity contribution is 5.90. The van der Waals surface area contributed by atoms with Gasteiger partial charge < -0.3 is 35.0 Å². The number of likely N-dealkylation sites (tertiary alicyclic amines) is 1. The number of aliphatic carboxylic acids is 1. The average molecular weight is 788 g/mol. The molecule has 1 heterocycles. The maximum Gasteiger partial charge on any atom is 0.326 e. The van der Waals surface area contributed by atoms with E-state index in [1.165, 1.54) is 7.11 Å². The van der Waals surface area contributed by atoms with Crippen molar-refractivity contribution in [1.29, 1.82) is 0 Å². The maximum atomic E-state index is 14.2. The first-order valence-electron chi connectivity index (χ1n) is 20.4. The van der Waals surface area contributed by atoms with Crippen LogP contribution < -0.4 is 10.6 Å². The van der Waals surface area contributed by atoms with E-state index in [0.29, 0.717) is 25.3 Å². The number of nitrogens with zero attached hydrogens (tertiary/aromatic N) is 3. The molecular formula is C43H73N5O8. The van der Waals surface area contributed by atoms with Crippen molar-refractivity contribution in [3.8, 4) is 0 Å². The van der Waals surface area contributed by atoms with Crippen LogP contribution in [0.3, 0.4) is 0 Å². The fraction of sp³-hybridized carbons (Fsp3) is 0.744. The van der Waals surface area contributed by atoms with E-state index in [4.69, 9.17) is 9.47 Å². The van der Waals surface area contributed by atoms with E-state index in [1.807, 2.05) is 84.8 Å². The number of amides is 4. The summed E-state index contributed by atoms with van der Waals surface area (Å²) in [6.45, 7) is 18.1. The first-order valence-corrected chi connectivity index (χ1v) is 20.4. The van der Waals surface area contributed by atoms with Gasteiger partial charge in [-0.25, -0.2) is 4.79 Å². The van der Waals surface area contributed by atoms with E-state index < -0.39 is 60.2 Å². The van der Waals surface area contributed by atoms with Gasteiger partial charge in [0.15, 0.2) is 0 Å². The van der Waals surface area contributed by atoms with Crippen LogP contribution in [-0.4, -0.2) is 134 Å². The van der Waals surface area contributed by atoms with Crippen molar-refractivity contribution in [2.45, 2.75) is 143 Å². The fourth-order valence-corrected chi connectivity index (χ4v) is 8.19. The van der Waals surface area contributed by atoms with Gasteiger partial charge in [-0.2, -0.15) is 0 Å². The van der Waals surface area contributed by atoms with Gasteiger partial charge in [-0.1, -0.05) is 93.0 Å². The number of ether oxygens (including phenoxy) is 2. The Hall–Kier alpha value is -3.55. The molecule has 1 unspecified atom stereocenters. The van der Waals surface area contributed by atoms with Gasteiger partial charge in [0.25, 0.3) is 0 Å². The molecule has 0 saturated carbocycles. The highest BCUT2D eigenvalue weighted by Crippen LogP contribution is 2.30. The molecule has 1 aromatic rings. The Bertz CT molecular complexity index is 1430. The zero-order valence-corrected chi connectivity index (χ0v) is 36.6. The van der Waals surface area contributed by atoms with Gasteiger partial charge in [0.1, 0.15) is 12.1 Å². The van der Waals surface area contributed by atoms with E-state index in [2.05, 4.69) is 24.5 Å². The lowest BCUT2D eigenvalue weighted by Crippen LogP contribution is -2.59. The minimum absolute atomic E-state index is 0.0118. The van der Waals surface area contributed by atoms with E-state index in [-0.39, 0.29) is 48.3 Å². The second-order valence-corrected chi connectivity index (χ2v) is 17.0. The van der Waals surface area contributed by atoms with Crippen LogP contribution in [-0.2, 0) is 39.9 Å². The van der Waals surface area contributed by atoms with Crippen LogP contribution in [0.25, 0.3) is 0 Å². The third kappa shape index (κ3) is 12.7. The molecule has 0 bridgehead atoms. The number of hydrogen-bond donors (Lipinski definition) is 3. The Kier molecular flexibility index (Phi) is 19.4. The summed E-state index contributed by atoms with van der Waals surface area (Å²) < 4.78 is 11.9. The predicted molar refractivity (Wildman–Crippen MR) is 219 cm³/mol. The van der Waals surface area contributed by atoms with Gasteiger partial charge in [-0.15, -0.1) is 0 Å². The molecule has 1 saturated heterocycles. The molecule has 4 amide bonds. The molecular weight excluding hydrogens is 714 g/mol. The van der Waals surface area contributed by atoms with Crippen LogP contribution in [0.4, 0.5) is 0 Å². The van der Waals surface area contributed by atoms with Crippen molar-refractivity contribution in [2.75, 3.05) is 41.9 Å². The van der Waals surface area contributed by atoms with Crippen molar-refractivity contribution in [2.24, 2.45) is 23.7 Å². The standard InChI is InChI=1S/C43H73N5O8/c1-15-28(8)38(47(12)42(52)36(26(4)5)45-41(51)37(27(6)7)46(10)11)34(55-13)24-35(49)48-22-16-17-33(48)39(56-14)29(9)40(50)44-32(43(53)54)23-30-18-20-31(21-19-30)25(2)3/h18-21,25-29,32-34,36-39H,15-17,22-24H2,1-14H3,(H,44,50)(H,45,51)(H,53,54)/t28-,29+,32-,33-,34?,36-,37-,38-,39+/m0/s1. The fourth-order valence-electron chi connectivity index (χ4n) is 8.19. The highest BCUT2D eigenvalue weighted by atomic mass is 16.5. The second-order valence-electron chi connectivity index (χ2n) is 17.0. The lowest BCUT2D eigenvalue weighted by atomic mass is 9.89. The smallest absolute Gasteiger partial charge is 0.326 e. The van der Waals surface area contributed by atoms with E-state index in [9.17, 15) is 29.1 Å². The molecule has 2 rings (SSSR count). The lowest BCUT2D eigenvalue weighted by molar-refractivity contribution is -0.148. The third-order valence-corrected chi connectivity index (χ3v) is 11.6. The SMILES string of the molecule is CC[C@H](C)[C@@H](C(CC(=O)N1CCC[C@H]1[C@H](OC)[C@@H](C)C(=O)N[C@@H](Cc1ccc(C(C)C)cc1)C(=O)O)OC)N(C)C(=O)[C@@H](NC(=O)[C@H](C(C)C)N(C)C)C(C)C. The Balaban J connectivity index is 2.27. The summed E-state index contributed by atoms with van der Waals surface area (Å²) in [5.41, 5.74) is 1.94. The van der Waals surface area contributed by atoms with Crippen LogP contribution in [0.2, 0.25) is 0 Å². The number of carbonyl (C=O) groups excluding carboxylic acids is 4. The summed E-state index contributed by atoms with van der Waals surface area (Å²) in [4.78, 5) is 73.0. The molecule has 1 aromatic carbocycles. The van der Waals surface area contributed by atoms with Crippen LogP contribution in [0.5, 0.6) is 0 Å².